The number of benzene rings is 9. The van der Waals surface area contributed by atoms with E-state index in [1.54, 1.807) is 0 Å². The third kappa shape index (κ3) is 4.63. The Labute approximate surface area is 284 Å². The predicted octanol–water partition coefficient (Wildman–Crippen LogP) is 13.2. The van der Waals surface area contributed by atoms with Gasteiger partial charge in [0.05, 0.1) is 11.0 Å². The van der Waals surface area contributed by atoms with Crippen LogP contribution in [0.15, 0.2) is 188 Å². The quantitative estimate of drug-likeness (QED) is 0.184. The zero-order chi connectivity index (χ0) is 32.3. The molecule has 0 aliphatic rings. The minimum atomic E-state index is 1.17. The van der Waals surface area contributed by atoms with Crippen molar-refractivity contribution in [3.8, 4) is 39.1 Å². The van der Waals surface area contributed by atoms with Crippen molar-refractivity contribution >= 4 is 54.1 Å². The van der Waals surface area contributed by atoms with Crippen LogP contribution in [0.4, 0.5) is 0 Å². The molecule has 0 N–H and O–H groups in total. The maximum absolute atomic E-state index is 2.41. The first-order chi connectivity index (χ1) is 24.3. The van der Waals surface area contributed by atoms with Crippen molar-refractivity contribution in [1.82, 2.24) is 4.57 Å². The molecule has 0 saturated carbocycles. The Kier molecular flexibility index (Phi) is 6.25. The van der Waals surface area contributed by atoms with Gasteiger partial charge in [0.25, 0.3) is 0 Å². The van der Waals surface area contributed by atoms with Gasteiger partial charge in [0, 0.05) is 16.5 Å². The molecule has 0 spiro atoms. The summed E-state index contributed by atoms with van der Waals surface area (Å²) in [6.45, 7) is 0. The minimum absolute atomic E-state index is 1.17. The molecule has 0 saturated heterocycles. The summed E-state index contributed by atoms with van der Waals surface area (Å²) in [6, 6.07) is 68.8. The summed E-state index contributed by atoms with van der Waals surface area (Å²) >= 11 is 0. The van der Waals surface area contributed by atoms with Crippen molar-refractivity contribution in [3.63, 3.8) is 0 Å². The lowest BCUT2D eigenvalue weighted by Crippen LogP contribution is -1.93. The fourth-order valence-corrected chi connectivity index (χ4v) is 7.66. The molecule has 0 atom stereocenters. The Bertz CT molecular complexity index is 2860. The van der Waals surface area contributed by atoms with Crippen molar-refractivity contribution < 1.29 is 0 Å². The fraction of sp³-hybridized carbons (Fsp3) is 0. The molecule has 9 aromatic carbocycles. The van der Waals surface area contributed by atoms with Gasteiger partial charge in [-0.1, -0.05) is 140 Å². The van der Waals surface area contributed by atoms with Crippen molar-refractivity contribution in [2.45, 2.75) is 0 Å². The van der Waals surface area contributed by atoms with E-state index in [2.05, 4.69) is 193 Å². The summed E-state index contributed by atoms with van der Waals surface area (Å²) in [5, 5.41) is 10.1. The second-order valence-corrected chi connectivity index (χ2v) is 13.0. The third-order valence-electron chi connectivity index (χ3n) is 10.1. The SMILES string of the molecule is c1ccc(-c2ccc(-n3c4ccccc4c4c5ccc(-c6ccc7cc(-c8ccc9ccccc9c8)ccc7c6)cc5ccc43)cc2)cc1. The first kappa shape index (κ1) is 27.7. The third-order valence-corrected chi connectivity index (χ3v) is 10.1. The number of hydrogen-bond donors (Lipinski definition) is 0. The van der Waals surface area contributed by atoms with Gasteiger partial charge in [-0.15, -0.1) is 0 Å². The van der Waals surface area contributed by atoms with Crippen LogP contribution in [0.25, 0.3) is 93.2 Å². The summed E-state index contributed by atoms with van der Waals surface area (Å²) in [4.78, 5) is 0. The van der Waals surface area contributed by atoms with Crippen LogP contribution in [-0.2, 0) is 0 Å². The number of aromatic nitrogens is 1. The zero-order valence-electron chi connectivity index (χ0n) is 26.8. The lowest BCUT2D eigenvalue weighted by Gasteiger charge is -2.11. The van der Waals surface area contributed by atoms with Crippen molar-refractivity contribution in [2.75, 3.05) is 0 Å². The van der Waals surface area contributed by atoms with Crippen molar-refractivity contribution in [1.29, 1.82) is 0 Å². The van der Waals surface area contributed by atoms with Gasteiger partial charge in [-0.3, -0.25) is 0 Å². The van der Waals surface area contributed by atoms with Crippen LogP contribution in [0, 0.1) is 0 Å². The average molecular weight is 622 g/mol. The molecule has 1 nitrogen and oxygen atoms in total. The molecule has 1 aromatic heterocycles. The van der Waals surface area contributed by atoms with Crippen molar-refractivity contribution in [3.05, 3.63) is 188 Å². The van der Waals surface area contributed by atoms with Crippen molar-refractivity contribution in [2.24, 2.45) is 0 Å². The Hall–Kier alpha value is -6.44. The summed E-state index contributed by atoms with van der Waals surface area (Å²) in [5.74, 6) is 0. The van der Waals surface area contributed by atoms with Crippen LogP contribution >= 0.6 is 0 Å². The van der Waals surface area contributed by atoms with E-state index in [9.17, 15) is 0 Å². The van der Waals surface area contributed by atoms with Crippen LogP contribution < -0.4 is 0 Å². The zero-order valence-corrected chi connectivity index (χ0v) is 26.8. The predicted molar refractivity (Wildman–Crippen MR) is 210 cm³/mol. The highest BCUT2D eigenvalue weighted by atomic mass is 15.0. The van der Waals surface area contributed by atoms with E-state index in [0.29, 0.717) is 0 Å². The second kappa shape index (κ2) is 11.1. The fourth-order valence-electron chi connectivity index (χ4n) is 7.66. The van der Waals surface area contributed by atoms with E-state index in [1.165, 1.54) is 93.2 Å². The lowest BCUT2D eigenvalue weighted by atomic mass is 9.95. The normalized spacial score (nSPS) is 11.7. The van der Waals surface area contributed by atoms with Crippen LogP contribution in [0.5, 0.6) is 0 Å². The van der Waals surface area contributed by atoms with Gasteiger partial charge >= 0.3 is 0 Å². The molecule has 0 aliphatic carbocycles. The highest BCUT2D eigenvalue weighted by Crippen LogP contribution is 2.39. The smallest absolute Gasteiger partial charge is 0.0547 e. The molecule has 0 bridgehead atoms. The Morgan fingerprint density at radius 1 is 0.265 bits per heavy atom. The molecule has 1 heterocycles. The van der Waals surface area contributed by atoms with E-state index in [-0.39, 0.29) is 0 Å². The Balaban J connectivity index is 1.04. The maximum Gasteiger partial charge on any atom is 0.0547 e. The molecular formula is C48H31N. The minimum Gasteiger partial charge on any atom is -0.309 e. The van der Waals surface area contributed by atoms with Gasteiger partial charge in [-0.25, -0.2) is 0 Å². The van der Waals surface area contributed by atoms with Gasteiger partial charge in [-0.05, 0) is 114 Å². The number of rotatable bonds is 4. The highest BCUT2D eigenvalue weighted by Gasteiger charge is 2.15. The molecule has 10 rings (SSSR count). The average Bonchev–Trinajstić information content (AvgIpc) is 3.52. The molecular weight excluding hydrogens is 591 g/mol. The summed E-state index contributed by atoms with van der Waals surface area (Å²) < 4.78 is 2.41. The molecule has 0 radical (unpaired) electrons. The van der Waals surface area contributed by atoms with Crippen LogP contribution in [0.1, 0.15) is 0 Å². The molecule has 1 heteroatoms. The standard InChI is InChI=1S/C48H31N/c1-2-8-32(9-3-1)34-20-24-43(25-21-34)49-46-13-7-6-12-45(46)48-44-26-22-41(31-42(44)23-27-47(48)49)40-19-18-38-29-37(16-17-39(38)30-40)36-15-14-33-10-4-5-11-35(33)28-36/h1-31H. The Morgan fingerprint density at radius 3 is 1.47 bits per heavy atom. The molecule has 0 amide bonds. The number of nitrogens with zero attached hydrogens (tertiary/aromatic N) is 1. The van der Waals surface area contributed by atoms with Gasteiger partial charge < -0.3 is 4.57 Å². The van der Waals surface area contributed by atoms with E-state index in [1.807, 2.05) is 0 Å². The first-order valence-corrected chi connectivity index (χ1v) is 16.9. The van der Waals surface area contributed by atoms with E-state index >= 15 is 0 Å². The van der Waals surface area contributed by atoms with Gasteiger partial charge in [-0.2, -0.15) is 0 Å². The Morgan fingerprint density at radius 2 is 0.755 bits per heavy atom. The van der Waals surface area contributed by atoms with E-state index < -0.39 is 0 Å². The molecule has 10 aromatic rings. The maximum atomic E-state index is 2.41. The largest absolute Gasteiger partial charge is 0.309 e. The molecule has 49 heavy (non-hydrogen) atoms. The molecule has 0 fully saturated rings. The summed E-state index contributed by atoms with van der Waals surface area (Å²) in [7, 11) is 0. The van der Waals surface area contributed by atoms with Gasteiger partial charge in [0.15, 0.2) is 0 Å². The van der Waals surface area contributed by atoms with Crippen LogP contribution in [-0.4, -0.2) is 4.57 Å². The van der Waals surface area contributed by atoms with Gasteiger partial charge in [0.2, 0.25) is 0 Å². The first-order valence-electron chi connectivity index (χ1n) is 16.9. The number of fused-ring (bicyclic) bond motifs is 7. The van der Waals surface area contributed by atoms with Crippen LogP contribution in [0.2, 0.25) is 0 Å². The summed E-state index contributed by atoms with van der Waals surface area (Å²) in [6.07, 6.45) is 0. The number of para-hydroxylation sites is 1. The van der Waals surface area contributed by atoms with Crippen LogP contribution in [0.3, 0.4) is 0 Å². The second-order valence-electron chi connectivity index (χ2n) is 13.0. The highest BCUT2D eigenvalue weighted by molar-refractivity contribution is 6.21. The van der Waals surface area contributed by atoms with Gasteiger partial charge in [0.1, 0.15) is 0 Å². The number of hydrogen-bond acceptors (Lipinski definition) is 0. The molecule has 0 aliphatic heterocycles. The van der Waals surface area contributed by atoms with E-state index in [0.717, 1.165) is 0 Å². The summed E-state index contributed by atoms with van der Waals surface area (Å²) in [5.41, 5.74) is 11.0. The lowest BCUT2D eigenvalue weighted by molar-refractivity contribution is 1.18. The topological polar surface area (TPSA) is 4.93 Å². The van der Waals surface area contributed by atoms with E-state index in [4.69, 9.17) is 0 Å². The molecule has 0 unspecified atom stereocenters. The monoisotopic (exact) mass is 621 g/mol. The molecule has 228 valence electrons.